The Morgan fingerprint density at radius 1 is 1.45 bits per heavy atom. The molecule has 0 aliphatic carbocycles. The number of hydrazine groups is 1. The number of morpholine rings is 1. The second-order valence-electron chi connectivity index (χ2n) is 4.52. The van der Waals surface area contributed by atoms with Gasteiger partial charge in [0.15, 0.2) is 0 Å². The van der Waals surface area contributed by atoms with Crippen LogP contribution in [0.4, 0.5) is 0 Å². The number of benzene rings is 1. The molecular weight excluding hydrogens is 254 g/mol. The fourth-order valence-corrected chi connectivity index (χ4v) is 2.04. The zero-order valence-electron chi connectivity index (χ0n) is 11.6. The minimum atomic E-state index is -0.110. The van der Waals surface area contributed by atoms with E-state index >= 15 is 0 Å². The quantitative estimate of drug-likeness (QED) is 0.760. The average Bonchev–Trinajstić information content (AvgIpc) is 2.47. The van der Waals surface area contributed by atoms with Gasteiger partial charge in [-0.1, -0.05) is 17.9 Å². The van der Waals surface area contributed by atoms with Crippen molar-refractivity contribution in [3.63, 3.8) is 0 Å². The van der Waals surface area contributed by atoms with Crippen molar-refractivity contribution in [3.8, 4) is 11.8 Å². The molecule has 1 heterocycles. The van der Waals surface area contributed by atoms with Crippen LogP contribution >= 0.6 is 0 Å². The van der Waals surface area contributed by atoms with Gasteiger partial charge in [-0.05, 0) is 24.6 Å². The monoisotopic (exact) mass is 273 g/mol. The summed E-state index contributed by atoms with van der Waals surface area (Å²) in [7, 11) is 0. The van der Waals surface area contributed by atoms with Gasteiger partial charge in [0.05, 0.1) is 19.8 Å². The largest absolute Gasteiger partial charge is 0.379 e. The van der Waals surface area contributed by atoms with E-state index in [1.54, 1.807) is 6.07 Å². The van der Waals surface area contributed by atoms with Crippen molar-refractivity contribution in [2.45, 2.75) is 6.92 Å². The lowest BCUT2D eigenvalue weighted by molar-refractivity contribution is 0.0126. The number of carbonyl (C=O) groups excluding carboxylic acids is 1. The lowest BCUT2D eigenvalue weighted by Gasteiger charge is -2.27. The minimum absolute atomic E-state index is 0.110. The first-order valence-electron chi connectivity index (χ1n) is 6.64. The van der Waals surface area contributed by atoms with Gasteiger partial charge in [0.1, 0.15) is 0 Å². The van der Waals surface area contributed by atoms with E-state index in [0.29, 0.717) is 38.4 Å². The third kappa shape index (κ3) is 3.58. The van der Waals surface area contributed by atoms with Crippen molar-refractivity contribution in [2.24, 2.45) is 5.73 Å². The summed E-state index contributed by atoms with van der Waals surface area (Å²) in [6, 6.07) is 5.53. The third-order valence-corrected chi connectivity index (χ3v) is 3.17. The maximum atomic E-state index is 12.3. The van der Waals surface area contributed by atoms with E-state index in [2.05, 4.69) is 17.3 Å². The first-order chi connectivity index (χ1) is 9.72. The second-order valence-corrected chi connectivity index (χ2v) is 4.52. The number of rotatable bonds is 2. The molecule has 3 N–H and O–H groups in total. The van der Waals surface area contributed by atoms with Gasteiger partial charge in [-0.25, -0.2) is 5.01 Å². The predicted molar refractivity (Wildman–Crippen MR) is 77.0 cm³/mol. The summed E-state index contributed by atoms with van der Waals surface area (Å²) >= 11 is 0. The van der Waals surface area contributed by atoms with Crippen molar-refractivity contribution in [2.75, 3.05) is 32.8 Å². The molecule has 0 saturated carbocycles. The summed E-state index contributed by atoms with van der Waals surface area (Å²) in [5, 5.41) is 1.88. The Labute approximate surface area is 119 Å². The molecule has 2 rings (SSSR count). The molecule has 106 valence electrons. The van der Waals surface area contributed by atoms with E-state index in [1.807, 2.05) is 24.1 Å². The fraction of sp³-hybridized carbons (Fsp3) is 0.400. The lowest BCUT2D eigenvalue weighted by atomic mass is 10.0. The number of carbonyl (C=O) groups is 1. The van der Waals surface area contributed by atoms with Gasteiger partial charge in [-0.2, -0.15) is 0 Å². The minimum Gasteiger partial charge on any atom is -0.379 e. The Morgan fingerprint density at radius 3 is 2.90 bits per heavy atom. The van der Waals surface area contributed by atoms with E-state index in [9.17, 15) is 4.79 Å². The maximum Gasteiger partial charge on any atom is 0.265 e. The van der Waals surface area contributed by atoms with Gasteiger partial charge in [-0.3, -0.25) is 10.2 Å². The summed E-state index contributed by atoms with van der Waals surface area (Å²) in [6.07, 6.45) is 0. The average molecular weight is 273 g/mol. The first kappa shape index (κ1) is 14.5. The zero-order valence-corrected chi connectivity index (χ0v) is 11.6. The molecule has 1 aromatic rings. The van der Waals surface area contributed by atoms with E-state index in [-0.39, 0.29) is 5.91 Å². The number of ether oxygens (including phenoxy) is 1. The molecular formula is C15H19N3O2. The van der Waals surface area contributed by atoms with Crippen LogP contribution in [0.25, 0.3) is 0 Å². The van der Waals surface area contributed by atoms with Gasteiger partial charge < -0.3 is 10.5 Å². The highest BCUT2D eigenvalue weighted by molar-refractivity contribution is 5.95. The number of nitrogens with zero attached hydrogens (tertiary/aromatic N) is 1. The van der Waals surface area contributed by atoms with Crippen LogP contribution in [0.2, 0.25) is 0 Å². The molecule has 0 atom stereocenters. The zero-order chi connectivity index (χ0) is 14.4. The molecule has 5 heteroatoms. The molecule has 0 bridgehead atoms. The van der Waals surface area contributed by atoms with Crippen molar-refractivity contribution in [1.29, 1.82) is 0 Å². The van der Waals surface area contributed by atoms with Gasteiger partial charge in [0.2, 0.25) is 0 Å². The van der Waals surface area contributed by atoms with E-state index in [4.69, 9.17) is 10.5 Å². The topological polar surface area (TPSA) is 67.6 Å². The molecule has 1 aliphatic heterocycles. The number of nitrogens with one attached hydrogen (secondary N) is 1. The SMILES string of the molecule is Cc1c(C#CCN)cccc1C(=O)NN1CCOCC1. The smallest absolute Gasteiger partial charge is 0.265 e. The van der Waals surface area contributed by atoms with Crippen LogP contribution in [0.1, 0.15) is 21.5 Å². The Hall–Kier alpha value is -1.87. The highest BCUT2D eigenvalue weighted by Gasteiger charge is 2.16. The predicted octanol–water partition coefficient (Wildman–Crippen LogP) is 0.282. The molecule has 1 aromatic carbocycles. The van der Waals surface area contributed by atoms with E-state index in [1.165, 1.54) is 0 Å². The second kappa shape index (κ2) is 7.06. The van der Waals surface area contributed by atoms with Gasteiger partial charge in [-0.15, -0.1) is 0 Å². The number of hydrogen-bond donors (Lipinski definition) is 2. The van der Waals surface area contributed by atoms with E-state index < -0.39 is 0 Å². The highest BCUT2D eigenvalue weighted by atomic mass is 16.5. The third-order valence-electron chi connectivity index (χ3n) is 3.17. The summed E-state index contributed by atoms with van der Waals surface area (Å²) in [4.78, 5) is 12.3. The number of amides is 1. The summed E-state index contributed by atoms with van der Waals surface area (Å²) in [5.41, 5.74) is 10.6. The van der Waals surface area contributed by atoms with Crippen LogP contribution in [-0.4, -0.2) is 43.8 Å². The molecule has 0 spiro atoms. The Bertz CT molecular complexity index is 540. The normalized spacial score (nSPS) is 15.3. The number of hydrogen-bond acceptors (Lipinski definition) is 4. The molecule has 1 fully saturated rings. The molecule has 5 nitrogen and oxygen atoms in total. The Balaban J connectivity index is 2.13. The molecule has 0 unspecified atom stereocenters. The molecule has 20 heavy (non-hydrogen) atoms. The van der Waals surface area contributed by atoms with Gasteiger partial charge in [0.25, 0.3) is 5.91 Å². The highest BCUT2D eigenvalue weighted by Crippen LogP contribution is 2.13. The van der Waals surface area contributed by atoms with Crippen molar-refractivity contribution >= 4 is 5.91 Å². The summed E-state index contributed by atoms with van der Waals surface area (Å²) < 4.78 is 5.25. The van der Waals surface area contributed by atoms with Crippen molar-refractivity contribution < 1.29 is 9.53 Å². The molecule has 1 amide bonds. The summed E-state index contributed by atoms with van der Waals surface area (Å²) in [6.45, 7) is 4.90. The lowest BCUT2D eigenvalue weighted by Crippen LogP contribution is -2.48. The van der Waals surface area contributed by atoms with Crippen LogP contribution in [0.5, 0.6) is 0 Å². The standard InChI is InChI=1S/C15H19N3O2/c1-12-13(5-3-7-16)4-2-6-14(12)15(19)17-18-8-10-20-11-9-18/h2,4,6H,7-11,16H2,1H3,(H,17,19). The molecule has 1 saturated heterocycles. The van der Waals surface area contributed by atoms with Crippen molar-refractivity contribution in [1.82, 2.24) is 10.4 Å². The van der Waals surface area contributed by atoms with Gasteiger partial charge in [0, 0.05) is 24.2 Å². The fourth-order valence-electron chi connectivity index (χ4n) is 2.04. The molecule has 0 radical (unpaired) electrons. The molecule has 1 aliphatic rings. The maximum absolute atomic E-state index is 12.3. The van der Waals surface area contributed by atoms with Crippen LogP contribution < -0.4 is 11.2 Å². The van der Waals surface area contributed by atoms with Gasteiger partial charge >= 0.3 is 0 Å². The van der Waals surface area contributed by atoms with Crippen LogP contribution in [0.15, 0.2) is 18.2 Å². The van der Waals surface area contributed by atoms with Crippen LogP contribution in [0, 0.1) is 18.8 Å². The van der Waals surface area contributed by atoms with E-state index in [0.717, 1.165) is 11.1 Å². The van der Waals surface area contributed by atoms with Crippen LogP contribution in [-0.2, 0) is 4.74 Å². The number of nitrogens with two attached hydrogens (primary N) is 1. The van der Waals surface area contributed by atoms with Crippen molar-refractivity contribution in [3.05, 3.63) is 34.9 Å². The Kier molecular flexibility index (Phi) is 5.13. The first-order valence-corrected chi connectivity index (χ1v) is 6.64. The molecule has 0 aromatic heterocycles. The Morgan fingerprint density at radius 2 is 2.20 bits per heavy atom. The summed E-state index contributed by atoms with van der Waals surface area (Å²) in [5.74, 6) is 5.68. The van der Waals surface area contributed by atoms with Crippen LogP contribution in [0.3, 0.4) is 0 Å².